The molecule has 6 nitrogen and oxygen atoms in total. The Balaban J connectivity index is 2.14. The van der Waals surface area contributed by atoms with Crippen molar-refractivity contribution in [2.75, 3.05) is 5.32 Å². The number of benzene rings is 1. The van der Waals surface area contributed by atoms with Crippen LogP contribution in [0.25, 0.3) is 0 Å². The fraction of sp³-hybridized carbons (Fsp3) is 0.571. The van der Waals surface area contributed by atoms with Gasteiger partial charge in [0.1, 0.15) is 5.60 Å². The van der Waals surface area contributed by atoms with Crippen molar-refractivity contribution in [3.8, 4) is 0 Å². The van der Waals surface area contributed by atoms with Gasteiger partial charge in [-0.15, -0.1) is 0 Å². The number of hydrogen-bond acceptors (Lipinski definition) is 5. The van der Waals surface area contributed by atoms with Crippen LogP contribution in [0, 0.1) is 0 Å². The van der Waals surface area contributed by atoms with E-state index in [1.807, 2.05) is 52.8 Å². The third-order valence-electron chi connectivity index (χ3n) is 4.08. The fourth-order valence-corrected chi connectivity index (χ4v) is 3.15. The third-order valence-corrected chi connectivity index (χ3v) is 4.24. The summed E-state index contributed by atoms with van der Waals surface area (Å²) in [6.45, 7) is 9.27. The Morgan fingerprint density at radius 1 is 1.14 bits per heavy atom. The van der Waals surface area contributed by atoms with Crippen LogP contribution in [-0.4, -0.2) is 28.1 Å². The Morgan fingerprint density at radius 3 is 2.46 bits per heavy atom. The van der Waals surface area contributed by atoms with Gasteiger partial charge >= 0.3 is 6.09 Å². The highest BCUT2D eigenvalue weighted by Crippen LogP contribution is 2.25. The summed E-state index contributed by atoms with van der Waals surface area (Å²) < 4.78 is 4.93. The topological polar surface area (TPSA) is 79.8 Å². The largest absolute Gasteiger partial charge is 0.444 e. The lowest BCUT2D eigenvalue weighted by Crippen LogP contribution is -2.27. The highest BCUT2D eigenvalue weighted by Gasteiger charge is 2.20. The minimum Gasteiger partial charge on any atom is -0.444 e. The second-order valence-corrected chi connectivity index (χ2v) is 10.00. The van der Waals surface area contributed by atoms with E-state index in [1.165, 1.54) is 0 Å². The molecule has 2 amide bonds. The zero-order valence-electron chi connectivity index (χ0n) is 17.4. The summed E-state index contributed by atoms with van der Waals surface area (Å²) in [5, 5.41) is 7.16. The maximum atomic E-state index is 12.1. The number of carbonyl (C=O) groups is 2. The summed E-state index contributed by atoms with van der Waals surface area (Å²) in [7, 11) is 0. The molecule has 0 heterocycles. The zero-order chi connectivity index (χ0) is 20.9. The minimum atomic E-state index is -0.546. The summed E-state index contributed by atoms with van der Waals surface area (Å²) >= 11 is 4.39. The molecule has 0 bridgehead atoms. The first-order chi connectivity index (χ1) is 12.9. The van der Waals surface area contributed by atoms with Gasteiger partial charge in [-0.1, -0.05) is 19.9 Å². The molecule has 2 rings (SSSR count). The molecule has 0 atom stereocenters. The summed E-state index contributed by atoms with van der Waals surface area (Å²) in [4.78, 5) is 24.1. The van der Waals surface area contributed by atoms with E-state index in [2.05, 4.69) is 28.5 Å². The van der Waals surface area contributed by atoms with Crippen LogP contribution in [0.3, 0.4) is 0 Å². The quantitative estimate of drug-likeness (QED) is 0.387. The smallest absolute Gasteiger partial charge is 0.412 e. The molecule has 1 aromatic carbocycles. The summed E-state index contributed by atoms with van der Waals surface area (Å²) in [5.74, 6) is -0.151. The van der Waals surface area contributed by atoms with Gasteiger partial charge in [0, 0.05) is 22.4 Å². The third kappa shape index (κ3) is 7.54. The first kappa shape index (κ1) is 22.3. The van der Waals surface area contributed by atoms with Gasteiger partial charge in [-0.2, -0.15) is 17.7 Å². The number of hydrazone groups is 1. The average Bonchev–Trinajstić information content (AvgIpc) is 2.71. The van der Waals surface area contributed by atoms with E-state index in [0.29, 0.717) is 12.1 Å². The lowest BCUT2D eigenvalue weighted by molar-refractivity contribution is -0.121. The molecule has 0 unspecified atom stereocenters. The first-order valence-electron chi connectivity index (χ1n) is 9.64. The van der Waals surface area contributed by atoms with Crippen LogP contribution in [0.4, 0.5) is 10.5 Å². The monoisotopic (exact) mass is 405 g/mol. The highest BCUT2D eigenvalue weighted by molar-refractivity contribution is 7.81. The van der Waals surface area contributed by atoms with Crippen molar-refractivity contribution in [2.24, 2.45) is 5.10 Å². The Bertz CT molecular complexity index is 761. The van der Waals surface area contributed by atoms with Gasteiger partial charge in [0.05, 0.1) is 5.71 Å². The van der Waals surface area contributed by atoms with Crippen LogP contribution in [-0.2, 0) is 16.0 Å². The van der Waals surface area contributed by atoms with E-state index in [1.54, 1.807) is 0 Å². The normalized spacial score (nSPS) is 16.1. The number of rotatable bonds is 4. The minimum absolute atomic E-state index is 0.151. The summed E-state index contributed by atoms with van der Waals surface area (Å²) in [6, 6.07) is 5.74. The summed E-state index contributed by atoms with van der Waals surface area (Å²) in [6.07, 6.45) is 3.54. The standard InChI is InChI=1S/C21H31N3O3S/c1-20(2,3)27-19(26)22-15-10-11-16-14(12-15)8-6-7-9-17(16)23-24-18(25)13-21(4,5)28/h10-12,28H,6-9,13H2,1-5H3,(H,22,26)(H,24,25)/b23-17+. The predicted octanol–water partition coefficient (Wildman–Crippen LogP) is 4.68. The van der Waals surface area contributed by atoms with Gasteiger partial charge in [-0.3, -0.25) is 10.1 Å². The molecule has 28 heavy (non-hydrogen) atoms. The van der Waals surface area contributed by atoms with Crippen LogP contribution in [0.2, 0.25) is 0 Å². The molecule has 0 saturated carbocycles. The molecule has 0 radical (unpaired) electrons. The van der Waals surface area contributed by atoms with Gasteiger partial charge in [-0.05, 0) is 64.2 Å². The van der Waals surface area contributed by atoms with Crippen molar-refractivity contribution in [3.63, 3.8) is 0 Å². The number of anilines is 1. The maximum Gasteiger partial charge on any atom is 0.412 e. The Kier molecular flexibility index (Phi) is 7.15. The second kappa shape index (κ2) is 8.99. The van der Waals surface area contributed by atoms with E-state index in [4.69, 9.17) is 4.74 Å². The van der Waals surface area contributed by atoms with E-state index < -0.39 is 11.7 Å². The molecular formula is C21H31N3O3S. The molecule has 7 heteroatoms. The molecule has 154 valence electrons. The average molecular weight is 406 g/mol. The molecule has 0 aliphatic heterocycles. The van der Waals surface area contributed by atoms with E-state index in [9.17, 15) is 9.59 Å². The molecular weight excluding hydrogens is 374 g/mol. The number of fused-ring (bicyclic) bond motifs is 1. The molecule has 1 aromatic rings. The van der Waals surface area contributed by atoms with Crippen molar-refractivity contribution in [2.45, 2.75) is 77.1 Å². The van der Waals surface area contributed by atoms with Gasteiger partial charge in [0.2, 0.25) is 5.91 Å². The van der Waals surface area contributed by atoms with Crippen LogP contribution in [0.15, 0.2) is 23.3 Å². The molecule has 0 spiro atoms. The van der Waals surface area contributed by atoms with Crippen LogP contribution in [0.1, 0.15) is 71.4 Å². The predicted molar refractivity (Wildman–Crippen MR) is 116 cm³/mol. The van der Waals surface area contributed by atoms with Gasteiger partial charge in [0.25, 0.3) is 0 Å². The molecule has 1 aliphatic rings. The number of amides is 2. The molecule has 0 saturated heterocycles. The van der Waals surface area contributed by atoms with E-state index in [0.717, 1.165) is 42.5 Å². The number of thiol groups is 1. The first-order valence-corrected chi connectivity index (χ1v) is 10.1. The van der Waals surface area contributed by atoms with Gasteiger partial charge in [0.15, 0.2) is 0 Å². The van der Waals surface area contributed by atoms with Crippen molar-refractivity contribution in [1.29, 1.82) is 0 Å². The van der Waals surface area contributed by atoms with E-state index >= 15 is 0 Å². The fourth-order valence-electron chi connectivity index (χ4n) is 3.00. The van der Waals surface area contributed by atoms with E-state index in [-0.39, 0.29) is 10.7 Å². The number of nitrogens with one attached hydrogen (secondary N) is 2. The lowest BCUT2D eigenvalue weighted by atomic mass is 10.0. The van der Waals surface area contributed by atoms with Crippen LogP contribution >= 0.6 is 12.6 Å². The number of nitrogens with zero attached hydrogens (tertiary/aromatic N) is 1. The Morgan fingerprint density at radius 2 is 1.82 bits per heavy atom. The van der Waals surface area contributed by atoms with Gasteiger partial charge < -0.3 is 4.74 Å². The van der Waals surface area contributed by atoms with Crippen LogP contribution < -0.4 is 10.7 Å². The van der Waals surface area contributed by atoms with Gasteiger partial charge in [-0.25, -0.2) is 10.2 Å². The molecule has 0 aromatic heterocycles. The number of ether oxygens (including phenoxy) is 1. The molecule has 2 N–H and O–H groups in total. The second-order valence-electron chi connectivity index (χ2n) is 8.79. The molecule has 0 fully saturated rings. The van der Waals surface area contributed by atoms with Crippen molar-refractivity contribution in [3.05, 3.63) is 29.3 Å². The molecule has 1 aliphatic carbocycles. The maximum absolute atomic E-state index is 12.1. The lowest BCUT2D eigenvalue weighted by Gasteiger charge is -2.20. The van der Waals surface area contributed by atoms with Crippen molar-refractivity contribution >= 4 is 36.0 Å². The van der Waals surface area contributed by atoms with Crippen LogP contribution in [0.5, 0.6) is 0 Å². The SMILES string of the molecule is CC(C)(S)CC(=O)N/N=C1\CCCCc2cc(NC(=O)OC(C)(C)C)ccc21. The number of aryl methyl sites for hydroxylation is 1. The number of carbonyl (C=O) groups excluding carboxylic acids is 2. The Hall–Kier alpha value is -2.02. The van der Waals surface area contributed by atoms with Crippen molar-refractivity contribution in [1.82, 2.24) is 5.43 Å². The van der Waals surface area contributed by atoms with Crippen molar-refractivity contribution < 1.29 is 14.3 Å². The highest BCUT2D eigenvalue weighted by atomic mass is 32.1. The zero-order valence-corrected chi connectivity index (χ0v) is 18.3. The Labute approximate surface area is 172 Å². The number of hydrogen-bond donors (Lipinski definition) is 3. The summed E-state index contributed by atoms with van der Waals surface area (Å²) in [5.41, 5.74) is 5.78.